The van der Waals surface area contributed by atoms with Crippen molar-refractivity contribution >= 4 is 0 Å². The van der Waals surface area contributed by atoms with Gasteiger partial charge in [0.2, 0.25) is 5.82 Å². The Balaban J connectivity index is 1.65. The highest BCUT2D eigenvalue weighted by Gasteiger charge is 2.21. The van der Waals surface area contributed by atoms with Crippen LogP contribution in [0.15, 0.2) is 48.6 Å². The smallest absolute Gasteiger partial charge is 0.201 e. The van der Waals surface area contributed by atoms with Crippen LogP contribution in [-0.2, 0) is 6.42 Å². The van der Waals surface area contributed by atoms with Gasteiger partial charge in [-0.05, 0) is 81.9 Å². The molecule has 3 rings (SSSR count). The van der Waals surface area contributed by atoms with E-state index in [2.05, 4.69) is 18.2 Å². The SMILES string of the molecule is C/C=C/C1CCC(/C=C/CCc2ccc(-c3ccc(OCC)c(F)c3F)c(F)c2F)CC1. The van der Waals surface area contributed by atoms with Gasteiger partial charge >= 0.3 is 0 Å². The molecule has 32 heavy (non-hydrogen) atoms. The molecule has 0 aliphatic heterocycles. The lowest BCUT2D eigenvalue weighted by molar-refractivity contribution is 0.314. The highest BCUT2D eigenvalue weighted by molar-refractivity contribution is 5.66. The standard InChI is InChI=1S/C27H30F4O/c1-3-7-18-10-12-19(13-11-18)8-5-6-9-20-14-15-21(25(29)24(20)28)22-16-17-23(32-4-2)27(31)26(22)30/h3,5,7-8,14-19H,4,6,9-13H2,1-2H3/b7-3+,8-5+. The van der Waals surface area contributed by atoms with E-state index in [0.717, 1.165) is 12.8 Å². The summed E-state index contributed by atoms with van der Waals surface area (Å²) in [7, 11) is 0. The van der Waals surface area contributed by atoms with Crippen LogP contribution in [0, 0.1) is 35.1 Å². The van der Waals surface area contributed by atoms with Crippen LogP contribution in [0.4, 0.5) is 17.6 Å². The van der Waals surface area contributed by atoms with Crippen LogP contribution < -0.4 is 4.74 Å². The van der Waals surface area contributed by atoms with Gasteiger partial charge in [-0.25, -0.2) is 13.2 Å². The average molecular weight is 447 g/mol. The summed E-state index contributed by atoms with van der Waals surface area (Å²) in [5, 5.41) is 0. The fourth-order valence-corrected chi connectivity index (χ4v) is 4.33. The molecule has 1 aliphatic rings. The zero-order valence-electron chi connectivity index (χ0n) is 18.6. The Morgan fingerprint density at radius 1 is 0.812 bits per heavy atom. The monoisotopic (exact) mass is 446 g/mol. The lowest BCUT2D eigenvalue weighted by Crippen LogP contribution is -2.11. The molecule has 2 aromatic carbocycles. The molecule has 0 aromatic heterocycles. The molecule has 0 spiro atoms. The molecule has 0 unspecified atom stereocenters. The van der Waals surface area contributed by atoms with Crippen molar-refractivity contribution in [2.45, 2.75) is 52.4 Å². The van der Waals surface area contributed by atoms with Crippen LogP contribution in [0.3, 0.4) is 0 Å². The molecule has 0 bridgehead atoms. The van der Waals surface area contributed by atoms with Gasteiger partial charge in [-0.1, -0.05) is 36.4 Å². The summed E-state index contributed by atoms with van der Waals surface area (Å²) in [6, 6.07) is 5.17. The topological polar surface area (TPSA) is 9.23 Å². The molecule has 2 aromatic rings. The molecule has 1 nitrogen and oxygen atoms in total. The molecule has 0 atom stereocenters. The Bertz CT molecular complexity index is 972. The summed E-state index contributed by atoms with van der Waals surface area (Å²) >= 11 is 0. The van der Waals surface area contributed by atoms with E-state index in [-0.39, 0.29) is 29.0 Å². The van der Waals surface area contributed by atoms with Crippen LogP contribution >= 0.6 is 0 Å². The lowest BCUT2D eigenvalue weighted by atomic mass is 9.81. The summed E-state index contributed by atoms with van der Waals surface area (Å²) in [6.07, 6.45) is 14.2. The minimum atomic E-state index is -1.26. The number of allylic oxidation sites excluding steroid dienone is 4. The molecule has 5 heteroatoms. The van der Waals surface area contributed by atoms with Crippen molar-refractivity contribution in [3.63, 3.8) is 0 Å². The summed E-state index contributed by atoms with van der Waals surface area (Å²) < 4.78 is 62.9. The van der Waals surface area contributed by atoms with Gasteiger partial charge in [0, 0.05) is 11.1 Å². The van der Waals surface area contributed by atoms with Crippen LogP contribution in [0.1, 0.15) is 51.5 Å². The van der Waals surface area contributed by atoms with Crippen molar-refractivity contribution in [3.05, 3.63) is 77.4 Å². The number of halogens is 4. The van der Waals surface area contributed by atoms with Gasteiger partial charge in [-0.3, -0.25) is 0 Å². The van der Waals surface area contributed by atoms with Gasteiger partial charge in [-0.15, -0.1) is 0 Å². The van der Waals surface area contributed by atoms with Crippen LogP contribution in [0.2, 0.25) is 0 Å². The first-order chi connectivity index (χ1) is 15.5. The number of hydrogen-bond donors (Lipinski definition) is 0. The highest BCUT2D eigenvalue weighted by atomic mass is 19.2. The first kappa shape index (κ1) is 24.1. The largest absolute Gasteiger partial charge is 0.491 e. The van der Waals surface area contributed by atoms with Crippen molar-refractivity contribution in [2.75, 3.05) is 6.61 Å². The van der Waals surface area contributed by atoms with E-state index >= 15 is 0 Å². The molecule has 1 fully saturated rings. The van der Waals surface area contributed by atoms with Gasteiger partial charge in [-0.2, -0.15) is 4.39 Å². The van der Waals surface area contributed by atoms with Crippen LogP contribution in [0.5, 0.6) is 5.75 Å². The average Bonchev–Trinajstić information content (AvgIpc) is 2.79. The van der Waals surface area contributed by atoms with Crippen molar-refractivity contribution < 1.29 is 22.3 Å². The highest BCUT2D eigenvalue weighted by Crippen LogP contribution is 2.33. The zero-order valence-corrected chi connectivity index (χ0v) is 18.6. The van der Waals surface area contributed by atoms with Gasteiger partial charge in [0.15, 0.2) is 23.2 Å². The van der Waals surface area contributed by atoms with E-state index in [1.165, 1.54) is 37.1 Å². The molecule has 1 aliphatic carbocycles. The fourth-order valence-electron chi connectivity index (χ4n) is 4.33. The third-order valence-corrected chi connectivity index (χ3v) is 6.07. The third-order valence-electron chi connectivity index (χ3n) is 6.07. The van der Waals surface area contributed by atoms with E-state index in [9.17, 15) is 17.6 Å². The van der Waals surface area contributed by atoms with Gasteiger partial charge in [0.25, 0.3) is 0 Å². The molecular formula is C27H30F4O. The second kappa shape index (κ2) is 11.3. The van der Waals surface area contributed by atoms with E-state index < -0.39 is 23.3 Å². The Morgan fingerprint density at radius 2 is 1.41 bits per heavy atom. The van der Waals surface area contributed by atoms with Gasteiger partial charge in [0.1, 0.15) is 0 Å². The maximum atomic E-state index is 14.7. The number of benzene rings is 2. The van der Waals surface area contributed by atoms with Gasteiger partial charge < -0.3 is 4.74 Å². The molecule has 0 radical (unpaired) electrons. The Kier molecular flexibility index (Phi) is 8.54. The van der Waals surface area contributed by atoms with Crippen molar-refractivity contribution in [1.29, 1.82) is 0 Å². The predicted octanol–water partition coefficient (Wildman–Crippen LogP) is 8.18. The molecule has 0 saturated heterocycles. The maximum Gasteiger partial charge on any atom is 0.201 e. The lowest BCUT2D eigenvalue weighted by Gasteiger charge is -2.24. The quantitative estimate of drug-likeness (QED) is 0.293. The normalized spacial score (nSPS) is 19.2. The van der Waals surface area contributed by atoms with E-state index in [4.69, 9.17) is 4.74 Å². The number of aryl methyl sites for hydroxylation is 1. The van der Waals surface area contributed by atoms with E-state index in [1.54, 1.807) is 6.92 Å². The Morgan fingerprint density at radius 3 is 2.03 bits per heavy atom. The zero-order chi connectivity index (χ0) is 23.1. The maximum absolute atomic E-state index is 14.7. The molecular weight excluding hydrogens is 416 g/mol. The Labute approximate surface area is 187 Å². The van der Waals surface area contributed by atoms with Crippen molar-refractivity contribution in [2.24, 2.45) is 11.8 Å². The van der Waals surface area contributed by atoms with Crippen LogP contribution in [0.25, 0.3) is 11.1 Å². The predicted molar refractivity (Wildman–Crippen MR) is 121 cm³/mol. The summed E-state index contributed by atoms with van der Waals surface area (Å²) in [6.45, 7) is 3.86. The molecule has 0 heterocycles. The molecule has 172 valence electrons. The third kappa shape index (κ3) is 5.62. The summed E-state index contributed by atoms with van der Waals surface area (Å²) in [5.41, 5.74) is -0.416. The minimum absolute atomic E-state index is 0.166. The summed E-state index contributed by atoms with van der Waals surface area (Å²) in [4.78, 5) is 0. The fraction of sp³-hybridized carbons (Fsp3) is 0.407. The Hall–Kier alpha value is -2.56. The number of rotatable bonds is 8. The second-order valence-electron chi connectivity index (χ2n) is 8.24. The number of hydrogen-bond acceptors (Lipinski definition) is 1. The molecule has 0 amide bonds. The number of ether oxygens (including phenoxy) is 1. The second-order valence-corrected chi connectivity index (χ2v) is 8.24. The van der Waals surface area contributed by atoms with E-state index in [0.29, 0.717) is 24.7 Å². The summed E-state index contributed by atoms with van der Waals surface area (Å²) in [5.74, 6) is -3.69. The van der Waals surface area contributed by atoms with Gasteiger partial charge in [0.05, 0.1) is 6.61 Å². The van der Waals surface area contributed by atoms with Crippen molar-refractivity contribution in [1.82, 2.24) is 0 Å². The van der Waals surface area contributed by atoms with Crippen molar-refractivity contribution in [3.8, 4) is 16.9 Å². The minimum Gasteiger partial charge on any atom is -0.491 e. The van der Waals surface area contributed by atoms with Crippen LogP contribution in [-0.4, -0.2) is 6.61 Å². The molecule has 1 saturated carbocycles. The first-order valence-corrected chi connectivity index (χ1v) is 11.3. The first-order valence-electron chi connectivity index (χ1n) is 11.3. The van der Waals surface area contributed by atoms with E-state index in [1.807, 2.05) is 13.0 Å². The molecule has 0 N–H and O–H groups in total.